The Hall–Kier alpha value is -2.32. The summed E-state index contributed by atoms with van der Waals surface area (Å²) in [5.41, 5.74) is 0.676. The molecule has 0 aliphatic carbocycles. The zero-order chi connectivity index (χ0) is 17.0. The van der Waals surface area contributed by atoms with Crippen molar-refractivity contribution in [1.29, 1.82) is 0 Å². The lowest BCUT2D eigenvalue weighted by molar-refractivity contribution is 0.0953. The second kappa shape index (κ2) is 6.84. The fourth-order valence-corrected chi connectivity index (χ4v) is 2.47. The fraction of sp³-hybridized carbons (Fsp3) is 0.133. The maximum absolute atomic E-state index is 13.0. The fourth-order valence-electron chi connectivity index (χ4n) is 1.95. The first kappa shape index (κ1) is 17.0. The standard InChI is InChI=1S/C15H14F2N2O3S/c16-12-7-11(8-13(17)9-12)15(20)19-6-5-10-1-3-14(4-2-10)23(18,21)22/h1-4,7-9H,5-6H2,(H,19,20)(H2,18,21,22). The van der Waals surface area contributed by atoms with E-state index in [9.17, 15) is 22.0 Å². The minimum Gasteiger partial charge on any atom is -0.352 e. The summed E-state index contributed by atoms with van der Waals surface area (Å²) in [6.07, 6.45) is 0.425. The van der Waals surface area contributed by atoms with Gasteiger partial charge in [0.15, 0.2) is 0 Å². The van der Waals surface area contributed by atoms with Gasteiger partial charge < -0.3 is 5.32 Å². The lowest BCUT2D eigenvalue weighted by Crippen LogP contribution is -2.26. The zero-order valence-corrected chi connectivity index (χ0v) is 12.7. The predicted molar refractivity (Wildman–Crippen MR) is 80.2 cm³/mol. The molecule has 5 nitrogen and oxygen atoms in total. The van der Waals surface area contributed by atoms with Crippen LogP contribution in [0.4, 0.5) is 8.78 Å². The van der Waals surface area contributed by atoms with Crippen LogP contribution in [0.25, 0.3) is 0 Å². The average molecular weight is 340 g/mol. The molecule has 0 aliphatic rings. The van der Waals surface area contributed by atoms with Crippen molar-refractivity contribution < 1.29 is 22.0 Å². The monoisotopic (exact) mass is 340 g/mol. The highest BCUT2D eigenvalue weighted by molar-refractivity contribution is 7.89. The highest BCUT2D eigenvalue weighted by Crippen LogP contribution is 2.10. The first-order valence-electron chi connectivity index (χ1n) is 6.62. The predicted octanol–water partition coefficient (Wildman–Crippen LogP) is 1.58. The Morgan fingerprint density at radius 3 is 2.13 bits per heavy atom. The van der Waals surface area contributed by atoms with Gasteiger partial charge in [-0.25, -0.2) is 22.3 Å². The Labute approximate surface area is 132 Å². The number of carbonyl (C=O) groups excluding carboxylic acids is 1. The van der Waals surface area contributed by atoms with Gasteiger partial charge >= 0.3 is 0 Å². The summed E-state index contributed by atoms with van der Waals surface area (Å²) in [7, 11) is -3.74. The second-order valence-corrected chi connectivity index (χ2v) is 6.41. The van der Waals surface area contributed by atoms with Crippen LogP contribution in [0, 0.1) is 11.6 Å². The van der Waals surface area contributed by atoms with Gasteiger partial charge in [-0.15, -0.1) is 0 Å². The third-order valence-electron chi connectivity index (χ3n) is 3.08. The number of nitrogens with two attached hydrogens (primary N) is 1. The molecule has 0 radical (unpaired) electrons. The van der Waals surface area contributed by atoms with Crippen molar-refractivity contribution in [3.05, 3.63) is 65.2 Å². The largest absolute Gasteiger partial charge is 0.352 e. The van der Waals surface area contributed by atoms with Gasteiger partial charge in [0, 0.05) is 18.2 Å². The number of rotatable bonds is 5. The molecule has 0 spiro atoms. The lowest BCUT2D eigenvalue weighted by Gasteiger charge is -2.06. The molecule has 0 fully saturated rings. The number of primary sulfonamides is 1. The first-order valence-corrected chi connectivity index (χ1v) is 8.16. The van der Waals surface area contributed by atoms with Crippen LogP contribution in [-0.2, 0) is 16.4 Å². The number of nitrogens with one attached hydrogen (secondary N) is 1. The lowest BCUT2D eigenvalue weighted by atomic mass is 10.1. The molecule has 0 saturated heterocycles. The van der Waals surface area contributed by atoms with Gasteiger partial charge in [-0.1, -0.05) is 12.1 Å². The molecular formula is C15H14F2N2O3S. The average Bonchev–Trinajstić information content (AvgIpc) is 2.45. The van der Waals surface area contributed by atoms with E-state index in [0.29, 0.717) is 12.5 Å². The van der Waals surface area contributed by atoms with E-state index >= 15 is 0 Å². The zero-order valence-electron chi connectivity index (χ0n) is 11.9. The van der Waals surface area contributed by atoms with Crippen molar-refractivity contribution >= 4 is 15.9 Å². The molecule has 2 rings (SSSR count). The van der Waals surface area contributed by atoms with E-state index in [2.05, 4.69) is 5.32 Å². The maximum atomic E-state index is 13.0. The molecule has 0 unspecified atom stereocenters. The summed E-state index contributed by atoms with van der Waals surface area (Å²) in [4.78, 5) is 11.8. The van der Waals surface area contributed by atoms with E-state index in [0.717, 1.165) is 17.7 Å². The molecule has 8 heteroatoms. The number of benzene rings is 2. The third kappa shape index (κ3) is 4.83. The molecule has 2 aromatic carbocycles. The Bertz CT molecular complexity index is 801. The van der Waals surface area contributed by atoms with Crippen LogP contribution < -0.4 is 10.5 Å². The van der Waals surface area contributed by atoms with Crippen LogP contribution in [0.15, 0.2) is 47.4 Å². The van der Waals surface area contributed by atoms with E-state index < -0.39 is 27.6 Å². The van der Waals surface area contributed by atoms with Gasteiger partial charge in [0.05, 0.1) is 4.90 Å². The van der Waals surface area contributed by atoms with E-state index in [1.807, 2.05) is 0 Å². The van der Waals surface area contributed by atoms with Gasteiger partial charge in [-0.2, -0.15) is 0 Å². The summed E-state index contributed by atoms with van der Waals surface area (Å²) in [5, 5.41) is 7.52. The first-order chi connectivity index (χ1) is 10.8. The molecule has 0 saturated carbocycles. The maximum Gasteiger partial charge on any atom is 0.251 e. The summed E-state index contributed by atoms with van der Waals surface area (Å²) in [6.45, 7) is 0.228. The van der Waals surface area contributed by atoms with Crippen LogP contribution in [0.3, 0.4) is 0 Å². The molecule has 0 heterocycles. The van der Waals surface area contributed by atoms with Crippen molar-refractivity contribution in [3.8, 4) is 0 Å². The van der Waals surface area contributed by atoms with Crippen LogP contribution in [-0.4, -0.2) is 20.9 Å². The van der Waals surface area contributed by atoms with Gasteiger partial charge in [-0.3, -0.25) is 4.79 Å². The van der Waals surface area contributed by atoms with Gasteiger partial charge in [0.1, 0.15) is 11.6 Å². The molecule has 0 atom stereocenters. The van der Waals surface area contributed by atoms with E-state index in [1.54, 1.807) is 12.1 Å². The summed E-state index contributed by atoms with van der Waals surface area (Å²) in [5.74, 6) is -2.24. The number of hydrogen-bond acceptors (Lipinski definition) is 3. The van der Waals surface area contributed by atoms with Gasteiger partial charge in [-0.05, 0) is 36.2 Å². The summed E-state index contributed by atoms with van der Waals surface area (Å²) < 4.78 is 48.3. The van der Waals surface area contributed by atoms with Crippen LogP contribution >= 0.6 is 0 Å². The number of hydrogen-bond donors (Lipinski definition) is 2. The smallest absolute Gasteiger partial charge is 0.251 e. The van der Waals surface area contributed by atoms with Crippen LogP contribution in [0.2, 0.25) is 0 Å². The number of carbonyl (C=O) groups is 1. The molecule has 0 aromatic heterocycles. The Morgan fingerprint density at radius 2 is 1.61 bits per heavy atom. The van der Waals surface area contributed by atoms with Gasteiger partial charge in [0.25, 0.3) is 5.91 Å². The van der Waals surface area contributed by atoms with E-state index in [4.69, 9.17) is 5.14 Å². The number of halogens is 2. The topological polar surface area (TPSA) is 89.3 Å². The molecule has 0 aliphatic heterocycles. The Morgan fingerprint density at radius 1 is 1.04 bits per heavy atom. The van der Waals surface area contributed by atoms with Crippen molar-refractivity contribution in [2.75, 3.05) is 6.54 Å². The van der Waals surface area contributed by atoms with Crippen molar-refractivity contribution in [1.82, 2.24) is 5.32 Å². The molecule has 3 N–H and O–H groups in total. The third-order valence-corrected chi connectivity index (χ3v) is 4.01. The number of sulfonamides is 1. The highest BCUT2D eigenvalue weighted by atomic mass is 32.2. The quantitative estimate of drug-likeness (QED) is 0.866. The van der Waals surface area contributed by atoms with Crippen molar-refractivity contribution in [3.63, 3.8) is 0 Å². The Balaban J connectivity index is 1.93. The minimum absolute atomic E-state index is 0.000483. The van der Waals surface area contributed by atoms with Crippen LogP contribution in [0.1, 0.15) is 15.9 Å². The Kier molecular flexibility index (Phi) is 5.07. The summed E-state index contributed by atoms with van der Waals surface area (Å²) in [6, 6.07) is 8.47. The molecule has 0 bridgehead atoms. The minimum atomic E-state index is -3.74. The SMILES string of the molecule is NS(=O)(=O)c1ccc(CCNC(=O)c2cc(F)cc(F)c2)cc1. The molecule has 1 amide bonds. The molecule has 23 heavy (non-hydrogen) atoms. The molecular weight excluding hydrogens is 326 g/mol. The van der Waals surface area contributed by atoms with E-state index in [-0.39, 0.29) is 17.0 Å². The highest BCUT2D eigenvalue weighted by Gasteiger charge is 2.09. The second-order valence-electron chi connectivity index (χ2n) is 4.85. The normalized spacial score (nSPS) is 11.3. The van der Waals surface area contributed by atoms with Crippen LogP contribution in [0.5, 0.6) is 0 Å². The summed E-state index contributed by atoms with van der Waals surface area (Å²) >= 11 is 0. The van der Waals surface area contributed by atoms with Gasteiger partial charge in [0.2, 0.25) is 10.0 Å². The van der Waals surface area contributed by atoms with Crippen molar-refractivity contribution in [2.24, 2.45) is 5.14 Å². The number of amides is 1. The molecule has 2 aromatic rings. The van der Waals surface area contributed by atoms with E-state index in [1.165, 1.54) is 12.1 Å². The molecule has 122 valence electrons. The van der Waals surface area contributed by atoms with Crippen molar-refractivity contribution in [2.45, 2.75) is 11.3 Å².